The summed E-state index contributed by atoms with van der Waals surface area (Å²) in [5.41, 5.74) is 0. The molecule has 0 aromatic rings. The second-order valence-corrected chi connectivity index (χ2v) is 3.08. The maximum Gasteiger partial charge on any atom is 0.0754 e. The van der Waals surface area contributed by atoms with Gasteiger partial charge >= 0.3 is 0 Å². The van der Waals surface area contributed by atoms with Crippen LogP contribution in [0.2, 0.25) is 0 Å². The van der Waals surface area contributed by atoms with Gasteiger partial charge in [0.15, 0.2) is 0 Å². The zero-order valence-corrected chi connectivity index (χ0v) is 6.53. The molecule has 0 saturated heterocycles. The number of unbranched alkanes of at least 4 members (excludes halogenated alkanes) is 1. The normalized spacial score (nSPS) is 32.7. The molecule has 54 valence electrons. The quantitative estimate of drug-likeness (QED) is 0.439. The average molecular weight is 149 g/mol. The molecule has 2 unspecified atom stereocenters. The summed E-state index contributed by atoms with van der Waals surface area (Å²) in [4.78, 5) is 0. The molecule has 1 saturated carbocycles. The van der Waals surface area contributed by atoms with Crippen LogP contribution in [-0.4, -0.2) is 18.1 Å². The van der Waals surface area contributed by atoms with Crippen molar-refractivity contribution in [1.82, 2.24) is 0 Å². The zero-order valence-electron chi connectivity index (χ0n) is 5.77. The average Bonchev–Trinajstić information content (AvgIpc) is 2.48. The first-order valence-corrected chi connectivity index (χ1v) is 4.04. The Kier molecular flexibility index (Phi) is 2.80. The van der Waals surface area contributed by atoms with Gasteiger partial charge in [0.25, 0.3) is 0 Å². The van der Waals surface area contributed by atoms with Crippen LogP contribution in [0.5, 0.6) is 0 Å². The molecule has 0 aromatic heterocycles. The minimum atomic E-state index is 0.321. The van der Waals surface area contributed by atoms with Gasteiger partial charge in [-0.3, -0.25) is 0 Å². The van der Waals surface area contributed by atoms with Gasteiger partial charge < -0.3 is 4.74 Å². The number of alkyl halides is 1. The third-order valence-corrected chi connectivity index (χ3v) is 1.95. The molecule has 0 amide bonds. The van der Waals surface area contributed by atoms with Gasteiger partial charge in [-0.25, -0.2) is 0 Å². The van der Waals surface area contributed by atoms with E-state index in [0.29, 0.717) is 11.5 Å². The number of hydrogen-bond donors (Lipinski definition) is 0. The van der Waals surface area contributed by atoms with Gasteiger partial charge in [0.2, 0.25) is 0 Å². The van der Waals surface area contributed by atoms with Crippen molar-refractivity contribution in [1.29, 1.82) is 0 Å². The van der Waals surface area contributed by atoms with Gasteiger partial charge in [0.1, 0.15) is 0 Å². The highest BCUT2D eigenvalue weighted by molar-refractivity contribution is 6.23. The minimum absolute atomic E-state index is 0.321. The SMILES string of the molecule is CCCCOC1CC1Cl. The Morgan fingerprint density at radius 1 is 1.67 bits per heavy atom. The van der Waals surface area contributed by atoms with Crippen molar-refractivity contribution in [2.75, 3.05) is 6.61 Å². The lowest BCUT2D eigenvalue weighted by Crippen LogP contribution is -1.97. The van der Waals surface area contributed by atoms with Gasteiger partial charge in [0, 0.05) is 6.61 Å². The summed E-state index contributed by atoms with van der Waals surface area (Å²) < 4.78 is 5.37. The van der Waals surface area contributed by atoms with E-state index >= 15 is 0 Å². The van der Waals surface area contributed by atoms with Crippen molar-refractivity contribution in [2.45, 2.75) is 37.7 Å². The fourth-order valence-corrected chi connectivity index (χ4v) is 0.943. The van der Waals surface area contributed by atoms with Gasteiger partial charge in [-0.2, -0.15) is 0 Å². The number of hydrogen-bond acceptors (Lipinski definition) is 1. The molecule has 1 rings (SSSR count). The maximum atomic E-state index is 5.71. The van der Waals surface area contributed by atoms with E-state index in [-0.39, 0.29) is 0 Å². The molecule has 1 aliphatic carbocycles. The Balaban J connectivity index is 1.83. The molecule has 0 aromatic carbocycles. The molecule has 2 heteroatoms. The van der Waals surface area contributed by atoms with Gasteiger partial charge in [-0.05, 0) is 12.8 Å². The third kappa shape index (κ3) is 2.55. The molecule has 1 aliphatic rings. The van der Waals surface area contributed by atoms with E-state index in [1.807, 2.05) is 0 Å². The number of halogens is 1. The standard InChI is InChI=1S/C7H13ClO/c1-2-3-4-9-7-5-6(7)8/h6-7H,2-5H2,1H3. The van der Waals surface area contributed by atoms with E-state index in [4.69, 9.17) is 16.3 Å². The van der Waals surface area contributed by atoms with Crippen LogP contribution in [0.15, 0.2) is 0 Å². The Morgan fingerprint density at radius 2 is 2.33 bits per heavy atom. The summed E-state index contributed by atoms with van der Waals surface area (Å²) >= 11 is 5.71. The van der Waals surface area contributed by atoms with Crippen LogP contribution >= 0.6 is 11.6 Å². The highest BCUT2D eigenvalue weighted by Gasteiger charge is 2.35. The van der Waals surface area contributed by atoms with Crippen LogP contribution in [0.4, 0.5) is 0 Å². The predicted molar refractivity (Wildman–Crippen MR) is 38.9 cm³/mol. The van der Waals surface area contributed by atoms with Crippen LogP contribution in [0.25, 0.3) is 0 Å². The molecule has 0 N–H and O–H groups in total. The Labute approximate surface area is 61.3 Å². The van der Waals surface area contributed by atoms with E-state index in [9.17, 15) is 0 Å². The summed E-state index contributed by atoms with van der Waals surface area (Å²) in [5.74, 6) is 0. The second-order valence-electron chi connectivity index (χ2n) is 2.51. The largest absolute Gasteiger partial charge is 0.377 e. The number of ether oxygens (including phenoxy) is 1. The van der Waals surface area contributed by atoms with Crippen molar-refractivity contribution in [3.8, 4) is 0 Å². The van der Waals surface area contributed by atoms with Crippen LogP contribution in [-0.2, 0) is 4.74 Å². The summed E-state index contributed by atoms with van der Waals surface area (Å²) in [6, 6.07) is 0. The Morgan fingerprint density at radius 3 is 2.78 bits per heavy atom. The number of rotatable bonds is 4. The monoisotopic (exact) mass is 148 g/mol. The molecule has 0 radical (unpaired) electrons. The maximum absolute atomic E-state index is 5.71. The first-order valence-electron chi connectivity index (χ1n) is 3.60. The van der Waals surface area contributed by atoms with Crippen LogP contribution in [0, 0.1) is 0 Å². The predicted octanol–water partition coefficient (Wildman–Crippen LogP) is 2.18. The van der Waals surface area contributed by atoms with E-state index in [1.165, 1.54) is 12.8 Å². The molecular formula is C7H13ClO. The van der Waals surface area contributed by atoms with E-state index in [2.05, 4.69) is 6.92 Å². The molecular weight excluding hydrogens is 136 g/mol. The second kappa shape index (κ2) is 3.43. The Bertz CT molecular complexity index is 85.0. The lowest BCUT2D eigenvalue weighted by atomic mass is 10.4. The minimum Gasteiger partial charge on any atom is -0.377 e. The van der Waals surface area contributed by atoms with Crippen molar-refractivity contribution < 1.29 is 4.74 Å². The molecule has 2 atom stereocenters. The van der Waals surface area contributed by atoms with Gasteiger partial charge in [0.05, 0.1) is 11.5 Å². The fraction of sp³-hybridized carbons (Fsp3) is 1.00. The van der Waals surface area contributed by atoms with Gasteiger partial charge in [-0.15, -0.1) is 11.6 Å². The first-order chi connectivity index (χ1) is 4.34. The molecule has 0 heterocycles. The fourth-order valence-electron chi connectivity index (χ4n) is 0.695. The van der Waals surface area contributed by atoms with Crippen LogP contribution < -0.4 is 0 Å². The summed E-state index contributed by atoms with van der Waals surface area (Å²) in [7, 11) is 0. The van der Waals surface area contributed by atoms with Crippen molar-refractivity contribution in [3.63, 3.8) is 0 Å². The van der Waals surface area contributed by atoms with Crippen molar-refractivity contribution in [3.05, 3.63) is 0 Å². The van der Waals surface area contributed by atoms with Crippen LogP contribution in [0.1, 0.15) is 26.2 Å². The van der Waals surface area contributed by atoms with E-state index < -0.39 is 0 Å². The smallest absolute Gasteiger partial charge is 0.0754 e. The van der Waals surface area contributed by atoms with E-state index in [1.54, 1.807) is 0 Å². The van der Waals surface area contributed by atoms with Crippen LogP contribution in [0.3, 0.4) is 0 Å². The molecule has 1 fully saturated rings. The molecule has 1 nitrogen and oxygen atoms in total. The summed E-state index contributed by atoms with van der Waals surface area (Å²) in [6.07, 6.45) is 3.82. The molecule has 0 spiro atoms. The molecule has 0 bridgehead atoms. The third-order valence-electron chi connectivity index (χ3n) is 1.49. The lowest BCUT2D eigenvalue weighted by Gasteiger charge is -1.97. The highest BCUT2D eigenvalue weighted by atomic mass is 35.5. The molecule has 0 aliphatic heterocycles. The zero-order chi connectivity index (χ0) is 6.69. The topological polar surface area (TPSA) is 9.23 Å². The first kappa shape index (κ1) is 7.36. The van der Waals surface area contributed by atoms with Gasteiger partial charge in [-0.1, -0.05) is 13.3 Å². The molecule has 9 heavy (non-hydrogen) atoms. The van der Waals surface area contributed by atoms with Crippen molar-refractivity contribution in [2.24, 2.45) is 0 Å². The van der Waals surface area contributed by atoms with Crippen molar-refractivity contribution >= 4 is 11.6 Å². The summed E-state index contributed by atoms with van der Waals surface area (Å²) in [5, 5.41) is 0.321. The van der Waals surface area contributed by atoms with E-state index in [0.717, 1.165) is 13.0 Å². The highest BCUT2D eigenvalue weighted by Crippen LogP contribution is 2.31. The Hall–Kier alpha value is 0.250. The lowest BCUT2D eigenvalue weighted by molar-refractivity contribution is 0.117. The summed E-state index contributed by atoms with van der Waals surface area (Å²) in [6.45, 7) is 3.05.